The van der Waals surface area contributed by atoms with E-state index in [9.17, 15) is 12.8 Å². The highest BCUT2D eigenvalue weighted by Gasteiger charge is 2.23. The Morgan fingerprint density at radius 2 is 1.84 bits per heavy atom. The molecule has 0 atom stereocenters. The van der Waals surface area contributed by atoms with Crippen molar-refractivity contribution in [1.82, 2.24) is 0 Å². The first-order valence-electron chi connectivity index (χ1n) is 9.61. The summed E-state index contributed by atoms with van der Waals surface area (Å²) in [5.41, 5.74) is 7.50. The fraction of sp³-hybridized carbons (Fsp3) is 0.174. The number of anilines is 2. The number of benzene rings is 3. The molecule has 0 amide bonds. The van der Waals surface area contributed by atoms with Crippen molar-refractivity contribution in [3.05, 3.63) is 76.9 Å². The van der Waals surface area contributed by atoms with E-state index < -0.39 is 27.2 Å². The van der Waals surface area contributed by atoms with Crippen molar-refractivity contribution in [2.24, 2.45) is 0 Å². The van der Waals surface area contributed by atoms with Gasteiger partial charge in [-0.25, -0.2) is 17.2 Å². The Hall–Kier alpha value is -3.26. The van der Waals surface area contributed by atoms with Gasteiger partial charge in [0.05, 0.1) is 16.1 Å². The van der Waals surface area contributed by atoms with Gasteiger partial charge in [0.15, 0.2) is 5.82 Å². The van der Waals surface area contributed by atoms with Gasteiger partial charge in [0.1, 0.15) is 5.82 Å². The zero-order valence-electron chi connectivity index (χ0n) is 17.4. The van der Waals surface area contributed by atoms with Gasteiger partial charge in [-0.2, -0.15) is 0 Å². The molecule has 4 N–H and O–H groups in total. The summed E-state index contributed by atoms with van der Waals surface area (Å²) in [5, 5.41) is 7.69. The summed E-state index contributed by atoms with van der Waals surface area (Å²) in [6.45, 7) is 5.14. The van der Waals surface area contributed by atoms with Gasteiger partial charge in [-0.15, -0.1) is 0 Å². The smallest absolute Gasteiger partial charge is 0.262 e. The lowest BCUT2D eigenvalue weighted by atomic mass is 9.99. The van der Waals surface area contributed by atoms with Crippen molar-refractivity contribution in [2.75, 3.05) is 10.5 Å². The number of halogens is 2. The highest BCUT2D eigenvalue weighted by Crippen LogP contribution is 2.34. The van der Waals surface area contributed by atoms with Crippen LogP contribution in [0.5, 0.6) is 0 Å². The predicted octanol–water partition coefficient (Wildman–Crippen LogP) is 5.77. The Balaban J connectivity index is 0.00000272. The SMILES string of the molecule is CCc1ccc(C)cc1S(=O)(=O)Nc1ccc(F)c(-c2ccc(C(C)=N)c(N)c2)c1F.[HH].[HH]. The number of nitrogens with one attached hydrogen (secondary N) is 2. The molecule has 8 heteroatoms. The maximum Gasteiger partial charge on any atom is 0.262 e. The summed E-state index contributed by atoms with van der Waals surface area (Å²) >= 11 is 0. The van der Waals surface area contributed by atoms with Crippen LogP contribution in [0.15, 0.2) is 53.4 Å². The van der Waals surface area contributed by atoms with Gasteiger partial charge >= 0.3 is 0 Å². The third kappa shape index (κ3) is 4.44. The molecule has 166 valence electrons. The van der Waals surface area contributed by atoms with Crippen LogP contribution < -0.4 is 10.5 Å². The van der Waals surface area contributed by atoms with Gasteiger partial charge in [-0.05, 0) is 61.2 Å². The van der Waals surface area contributed by atoms with Gasteiger partial charge in [-0.3, -0.25) is 4.72 Å². The molecular weight excluding hydrogens is 420 g/mol. The van der Waals surface area contributed by atoms with Crippen LogP contribution in [-0.4, -0.2) is 14.1 Å². The Morgan fingerprint density at radius 1 is 1.13 bits per heavy atom. The van der Waals surface area contributed by atoms with E-state index in [4.69, 9.17) is 11.1 Å². The summed E-state index contributed by atoms with van der Waals surface area (Å²) < 4.78 is 58.0. The van der Waals surface area contributed by atoms with E-state index in [1.54, 1.807) is 26.0 Å². The second-order valence-electron chi connectivity index (χ2n) is 7.28. The van der Waals surface area contributed by atoms with E-state index in [2.05, 4.69) is 4.72 Å². The molecule has 0 saturated heterocycles. The minimum absolute atomic E-state index is 0. The standard InChI is InChI=1S/C23H23F2N3O2S.2H2/c1-4-15-6-5-13(2)11-21(15)31(29,30)28-20-10-9-18(24)22(23(20)25)16-7-8-17(14(3)26)19(27)12-16;;/h5-12,26,28H,4,27H2,1-3H3;2*1H. The molecule has 0 aliphatic rings. The van der Waals surface area contributed by atoms with Gasteiger partial charge < -0.3 is 11.1 Å². The third-order valence-electron chi connectivity index (χ3n) is 4.97. The number of hydrogen-bond acceptors (Lipinski definition) is 4. The van der Waals surface area contributed by atoms with Gasteiger partial charge in [0.2, 0.25) is 0 Å². The Morgan fingerprint density at radius 3 is 2.45 bits per heavy atom. The normalized spacial score (nSPS) is 11.4. The van der Waals surface area contributed by atoms with Crippen LogP contribution in [0, 0.1) is 24.0 Å². The second-order valence-corrected chi connectivity index (χ2v) is 8.93. The fourth-order valence-electron chi connectivity index (χ4n) is 3.36. The summed E-state index contributed by atoms with van der Waals surface area (Å²) in [6, 6.07) is 11.4. The van der Waals surface area contributed by atoms with Crippen LogP contribution in [0.3, 0.4) is 0 Å². The van der Waals surface area contributed by atoms with Crippen molar-refractivity contribution < 1.29 is 20.1 Å². The fourth-order valence-corrected chi connectivity index (χ4v) is 4.82. The average Bonchev–Trinajstić information content (AvgIpc) is 2.70. The molecule has 3 aromatic rings. The summed E-state index contributed by atoms with van der Waals surface area (Å²) in [7, 11) is -4.10. The molecule has 0 aromatic heterocycles. The molecule has 5 nitrogen and oxygen atoms in total. The molecule has 0 heterocycles. The molecule has 0 unspecified atom stereocenters. The number of rotatable bonds is 6. The van der Waals surface area contributed by atoms with Crippen molar-refractivity contribution in [3.63, 3.8) is 0 Å². The molecular formula is C23H27F2N3O2S. The zero-order valence-corrected chi connectivity index (χ0v) is 18.2. The van der Waals surface area contributed by atoms with Gasteiger partial charge in [0, 0.05) is 19.8 Å². The number of aryl methyl sites for hydroxylation is 2. The highest BCUT2D eigenvalue weighted by molar-refractivity contribution is 7.92. The van der Waals surface area contributed by atoms with Crippen molar-refractivity contribution in [3.8, 4) is 11.1 Å². The van der Waals surface area contributed by atoms with Crippen LogP contribution in [0.1, 0.15) is 33.4 Å². The molecule has 0 aliphatic carbocycles. The van der Waals surface area contributed by atoms with Crippen LogP contribution in [0.2, 0.25) is 0 Å². The molecule has 31 heavy (non-hydrogen) atoms. The van der Waals surface area contributed by atoms with Gasteiger partial charge in [-0.1, -0.05) is 31.2 Å². The first kappa shape index (κ1) is 22.4. The van der Waals surface area contributed by atoms with Crippen molar-refractivity contribution in [1.29, 1.82) is 5.41 Å². The van der Waals surface area contributed by atoms with Crippen LogP contribution >= 0.6 is 0 Å². The quantitative estimate of drug-likeness (QED) is 0.331. The Kier molecular flexibility index (Phi) is 6.13. The van der Waals surface area contributed by atoms with E-state index in [1.807, 2.05) is 6.92 Å². The summed E-state index contributed by atoms with van der Waals surface area (Å²) in [4.78, 5) is 0.0512. The first-order chi connectivity index (χ1) is 14.5. The minimum Gasteiger partial charge on any atom is -0.398 e. The van der Waals surface area contributed by atoms with Crippen LogP contribution in [0.4, 0.5) is 20.2 Å². The first-order valence-corrected chi connectivity index (χ1v) is 11.1. The lowest BCUT2D eigenvalue weighted by molar-refractivity contribution is 0.587. The lowest BCUT2D eigenvalue weighted by Crippen LogP contribution is -2.16. The lowest BCUT2D eigenvalue weighted by Gasteiger charge is -2.15. The van der Waals surface area contributed by atoms with E-state index >= 15 is 4.39 Å². The topological polar surface area (TPSA) is 96.0 Å². The minimum atomic E-state index is -4.10. The third-order valence-corrected chi connectivity index (χ3v) is 6.42. The highest BCUT2D eigenvalue weighted by atomic mass is 32.2. The largest absolute Gasteiger partial charge is 0.398 e. The number of sulfonamides is 1. The van der Waals surface area contributed by atoms with E-state index in [-0.39, 0.29) is 30.4 Å². The average molecular weight is 448 g/mol. The number of nitrogens with two attached hydrogens (primary N) is 1. The maximum absolute atomic E-state index is 15.3. The predicted molar refractivity (Wildman–Crippen MR) is 124 cm³/mol. The maximum atomic E-state index is 15.3. The van der Waals surface area contributed by atoms with Crippen LogP contribution in [0.25, 0.3) is 11.1 Å². The molecule has 0 radical (unpaired) electrons. The summed E-state index contributed by atoms with van der Waals surface area (Å²) in [5.74, 6) is -1.91. The van der Waals surface area contributed by atoms with E-state index in [0.717, 1.165) is 17.7 Å². The molecule has 0 aliphatic heterocycles. The number of nitrogen functional groups attached to an aromatic ring is 1. The van der Waals surface area contributed by atoms with Crippen molar-refractivity contribution in [2.45, 2.75) is 32.1 Å². The zero-order chi connectivity index (χ0) is 22.9. The Bertz CT molecular complexity index is 1300. The Labute approximate surface area is 183 Å². The molecule has 0 spiro atoms. The van der Waals surface area contributed by atoms with E-state index in [0.29, 0.717) is 17.5 Å². The molecule has 3 rings (SSSR count). The molecule has 0 fully saturated rings. The van der Waals surface area contributed by atoms with Crippen LogP contribution in [-0.2, 0) is 16.4 Å². The monoisotopic (exact) mass is 447 g/mol. The van der Waals surface area contributed by atoms with Crippen molar-refractivity contribution >= 4 is 27.1 Å². The van der Waals surface area contributed by atoms with Gasteiger partial charge in [0.25, 0.3) is 10.0 Å². The molecule has 0 saturated carbocycles. The molecule has 0 bridgehead atoms. The molecule has 3 aromatic carbocycles. The van der Waals surface area contributed by atoms with E-state index in [1.165, 1.54) is 24.3 Å². The number of hydrogen-bond donors (Lipinski definition) is 3. The summed E-state index contributed by atoms with van der Waals surface area (Å²) in [6.07, 6.45) is 0.478. The second kappa shape index (κ2) is 8.47.